The third kappa shape index (κ3) is 6.80. The average molecular weight is 411 g/mol. The maximum Gasteiger partial charge on any atom is 0.191 e. The lowest BCUT2D eigenvalue weighted by Gasteiger charge is -2.12. The minimum absolute atomic E-state index is 0. The van der Waals surface area contributed by atoms with Crippen molar-refractivity contribution >= 4 is 29.9 Å². The Labute approximate surface area is 149 Å². The van der Waals surface area contributed by atoms with E-state index in [-0.39, 0.29) is 24.0 Å². The average Bonchev–Trinajstić information content (AvgIpc) is 2.56. The van der Waals surface area contributed by atoms with E-state index in [2.05, 4.69) is 27.8 Å². The summed E-state index contributed by atoms with van der Waals surface area (Å²) >= 11 is 0. The molecule has 22 heavy (non-hydrogen) atoms. The monoisotopic (exact) mass is 411 g/mol. The Balaban J connectivity index is 0.00000242. The van der Waals surface area contributed by atoms with Crippen LogP contribution in [0.4, 0.5) is 0 Å². The van der Waals surface area contributed by atoms with Crippen molar-refractivity contribution < 1.29 is 4.74 Å². The van der Waals surface area contributed by atoms with Gasteiger partial charge in [-0.2, -0.15) is 0 Å². The lowest BCUT2D eigenvalue weighted by Crippen LogP contribution is -2.38. The van der Waals surface area contributed by atoms with Gasteiger partial charge in [-0.15, -0.1) is 24.0 Å². The number of guanidine groups is 1. The molecule has 4 nitrogen and oxygen atoms in total. The lowest BCUT2D eigenvalue weighted by atomic mass is 10.2. The largest absolute Gasteiger partial charge is 0.492 e. The van der Waals surface area contributed by atoms with E-state index in [4.69, 9.17) is 4.74 Å². The number of ether oxygens (including phenoxy) is 1. The van der Waals surface area contributed by atoms with Crippen LogP contribution >= 0.6 is 24.0 Å². The molecule has 0 unspecified atom stereocenters. The second-order valence-electron chi connectivity index (χ2n) is 4.50. The molecule has 2 rings (SSSR count). The predicted molar refractivity (Wildman–Crippen MR) is 102 cm³/mol. The van der Waals surface area contributed by atoms with E-state index in [1.165, 1.54) is 5.56 Å². The van der Waals surface area contributed by atoms with Crippen molar-refractivity contribution in [2.75, 3.05) is 20.2 Å². The highest BCUT2D eigenvalue weighted by atomic mass is 127. The van der Waals surface area contributed by atoms with Crippen LogP contribution in [0.25, 0.3) is 0 Å². The number of para-hydroxylation sites is 1. The number of rotatable bonds is 6. The molecule has 2 aromatic carbocycles. The van der Waals surface area contributed by atoms with Gasteiger partial charge in [-0.3, -0.25) is 4.99 Å². The van der Waals surface area contributed by atoms with Gasteiger partial charge in [0.15, 0.2) is 5.96 Å². The number of nitrogens with zero attached hydrogens (tertiary/aromatic N) is 1. The summed E-state index contributed by atoms with van der Waals surface area (Å²) in [5.41, 5.74) is 1.22. The van der Waals surface area contributed by atoms with E-state index in [9.17, 15) is 0 Å². The van der Waals surface area contributed by atoms with E-state index in [1.54, 1.807) is 7.05 Å². The smallest absolute Gasteiger partial charge is 0.191 e. The van der Waals surface area contributed by atoms with Gasteiger partial charge in [0.25, 0.3) is 0 Å². The topological polar surface area (TPSA) is 45.7 Å². The fraction of sp³-hybridized carbons (Fsp3) is 0.235. The Morgan fingerprint density at radius 2 is 1.59 bits per heavy atom. The highest BCUT2D eigenvalue weighted by molar-refractivity contribution is 14.0. The molecule has 2 N–H and O–H groups in total. The quantitative estimate of drug-likeness (QED) is 0.333. The summed E-state index contributed by atoms with van der Waals surface area (Å²) in [6.07, 6.45) is 0. The normalized spacial score (nSPS) is 10.5. The molecule has 0 aliphatic heterocycles. The molecule has 2 aromatic rings. The van der Waals surface area contributed by atoms with Crippen LogP contribution in [0.15, 0.2) is 65.7 Å². The van der Waals surface area contributed by atoms with Crippen molar-refractivity contribution in [1.82, 2.24) is 10.6 Å². The summed E-state index contributed by atoms with van der Waals surface area (Å²) in [6.45, 7) is 2.04. The maximum absolute atomic E-state index is 5.62. The Hall–Kier alpha value is -1.76. The van der Waals surface area contributed by atoms with E-state index in [0.717, 1.165) is 18.3 Å². The van der Waals surface area contributed by atoms with Gasteiger partial charge in [0, 0.05) is 13.6 Å². The Kier molecular flexibility index (Phi) is 9.06. The number of halogens is 1. The molecule has 0 spiro atoms. The van der Waals surface area contributed by atoms with Gasteiger partial charge in [0.1, 0.15) is 12.4 Å². The van der Waals surface area contributed by atoms with Gasteiger partial charge in [0.05, 0.1) is 6.54 Å². The second-order valence-corrected chi connectivity index (χ2v) is 4.50. The van der Waals surface area contributed by atoms with Gasteiger partial charge in [-0.1, -0.05) is 48.5 Å². The molecule has 0 aromatic heterocycles. The van der Waals surface area contributed by atoms with Crippen molar-refractivity contribution in [2.45, 2.75) is 6.54 Å². The number of benzene rings is 2. The van der Waals surface area contributed by atoms with Crippen molar-refractivity contribution in [1.29, 1.82) is 0 Å². The van der Waals surface area contributed by atoms with Crippen molar-refractivity contribution in [3.05, 3.63) is 66.2 Å². The van der Waals surface area contributed by atoms with Crippen molar-refractivity contribution in [3.8, 4) is 5.75 Å². The molecule has 0 fully saturated rings. The Morgan fingerprint density at radius 3 is 2.23 bits per heavy atom. The van der Waals surface area contributed by atoms with Crippen LogP contribution in [0, 0.1) is 0 Å². The fourth-order valence-corrected chi connectivity index (χ4v) is 1.86. The molecule has 0 atom stereocenters. The second kappa shape index (κ2) is 10.9. The van der Waals surface area contributed by atoms with Crippen molar-refractivity contribution in [3.63, 3.8) is 0 Å². The molecular weight excluding hydrogens is 389 g/mol. The maximum atomic E-state index is 5.62. The third-order valence-corrected chi connectivity index (χ3v) is 2.93. The number of nitrogens with one attached hydrogen (secondary N) is 2. The molecule has 0 saturated heterocycles. The first-order chi connectivity index (χ1) is 10.4. The highest BCUT2D eigenvalue weighted by Crippen LogP contribution is 2.07. The molecule has 5 heteroatoms. The van der Waals surface area contributed by atoms with E-state index in [0.29, 0.717) is 13.2 Å². The minimum atomic E-state index is 0. The van der Waals surface area contributed by atoms with Crippen LogP contribution < -0.4 is 15.4 Å². The number of hydrogen-bond donors (Lipinski definition) is 2. The van der Waals surface area contributed by atoms with Gasteiger partial charge in [-0.25, -0.2) is 0 Å². The Bertz CT molecular complexity index is 546. The van der Waals surface area contributed by atoms with Crippen LogP contribution in [0.1, 0.15) is 5.56 Å². The summed E-state index contributed by atoms with van der Waals surface area (Å²) in [5, 5.41) is 6.49. The van der Waals surface area contributed by atoms with E-state index >= 15 is 0 Å². The van der Waals surface area contributed by atoms with Crippen LogP contribution in [0.5, 0.6) is 5.75 Å². The number of hydrogen-bond acceptors (Lipinski definition) is 2. The van der Waals surface area contributed by atoms with Crippen LogP contribution in [-0.2, 0) is 6.54 Å². The molecule has 0 saturated carbocycles. The van der Waals surface area contributed by atoms with Gasteiger partial charge in [0.2, 0.25) is 0 Å². The van der Waals surface area contributed by atoms with Gasteiger partial charge >= 0.3 is 0 Å². The molecular formula is C17H22IN3O. The lowest BCUT2D eigenvalue weighted by molar-refractivity contribution is 0.322. The first-order valence-corrected chi connectivity index (χ1v) is 7.05. The summed E-state index contributed by atoms with van der Waals surface area (Å²) < 4.78 is 5.62. The molecule has 0 heterocycles. The van der Waals surface area contributed by atoms with Crippen LogP contribution in [-0.4, -0.2) is 26.2 Å². The first-order valence-electron chi connectivity index (χ1n) is 7.05. The Morgan fingerprint density at radius 1 is 0.955 bits per heavy atom. The summed E-state index contributed by atoms with van der Waals surface area (Å²) in [4.78, 5) is 4.19. The SMILES string of the molecule is CN=C(NCCOc1ccccc1)NCc1ccccc1.I. The molecule has 0 amide bonds. The van der Waals surface area contributed by atoms with Gasteiger partial charge in [-0.05, 0) is 17.7 Å². The van der Waals surface area contributed by atoms with E-state index in [1.807, 2.05) is 48.5 Å². The van der Waals surface area contributed by atoms with Crippen molar-refractivity contribution in [2.24, 2.45) is 4.99 Å². The molecule has 118 valence electrons. The first kappa shape index (κ1) is 18.3. The molecule has 0 aliphatic carbocycles. The van der Waals surface area contributed by atoms with Gasteiger partial charge < -0.3 is 15.4 Å². The predicted octanol–water partition coefficient (Wildman–Crippen LogP) is 3.05. The van der Waals surface area contributed by atoms with Crippen LogP contribution in [0.2, 0.25) is 0 Å². The number of aliphatic imine (C=N–C) groups is 1. The zero-order valence-corrected chi connectivity index (χ0v) is 15.0. The fourth-order valence-electron chi connectivity index (χ4n) is 1.86. The molecule has 0 aliphatic rings. The summed E-state index contributed by atoms with van der Waals surface area (Å²) in [6, 6.07) is 20.0. The van der Waals surface area contributed by atoms with Crippen LogP contribution in [0.3, 0.4) is 0 Å². The summed E-state index contributed by atoms with van der Waals surface area (Å²) in [5.74, 6) is 1.65. The zero-order chi connectivity index (χ0) is 14.8. The third-order valence-electron chi connectivity index (χ3n) is 2.93. The molecule has 0 bridgehead atoms. The minimum Gasteiger partial charge on any atom is -0.492 e. The highest BCUT2D eigenvalue weighted by Gasteiger charge is 1.98. The molecule has 0 radical (unpaired) electrons. The zero-order valence-electron chi connectivity index (χ0n) is 12.7. The standard InChI is InChI=1S/C17H21N3O.HI/c1-18-17(20-14-15-8-4-2-5-9-15)19-12-13-21-16-10-6-3-7-11-16;/h2-11H,12-14H2,1H3,(H2,18,19,20);1H. The van der Waals surface area contributed by atoms with E-state index < -0.39 is 0 Å². The summed E-state index contributed by atoms with van der Waals surface area (Å²) in [7, 11) is 1.76.